The Morgan fingerprint density at radius 2 is 1.87 bits per heavy atom. The van der Waals surface area contributed by atoms with E-state index in [0.29, 0.717) is 18.5 Å². The van der Waals surface area contributed by atoms with Crippen molar-refractivity contribution >= 4 is 11.9 Å². The number of amides is 1. The Kier molecular flexibility index (Phi) is 5.91. The van der Waals surface area contributed by atoms with Gasteiger partial charge in [-0.3, -0.25) is 9.59 Å². The summed E-state index contributed by atoms with van der Waals surface area (Å²) in [6.07, 6.45) is 4.28. The van der Waals surface area contributed by atoms with Gasteiger partial charge in [-0.15, -0.1) is 0 Å². The van der Waals surface area contributed by atoms with Crippen molar-refractivity contribution in [1.29, 1.82) is 0 Å². The predicted octanol–water partition coefficient (Wildman–Crippen LogP) is 2.56. The fourth-order valence-corrected chi connectivity index (χ4v) is 2.21. The molecule has 0 fully saturated rings. The highest BCUT2D eigenvalue weighted by Crippen LogP contribution is 2.09. The third kappa shape index (κ3) is 5.25. The Morgan fingerprint density at radius 1 is 1.13 bits per heavy atom. The third-order valence-electron chi connectivity index (χ3n) is 3.47. The minimum absolute atomic E-state index is 0.119. The summed E-state index contributed by atoms with van der Waals surface area (Å²) in [4.78, 5) is 22.4. The number of nitrogens with zero attached hydrogens (tertiary/aromatic N) is 2. The van der Waals surface area contributed by atoms with Crippen molar-refractivity contribution in [3.05, 3.63) is 47.8 Å². The lowest BCUT2D eigenvalue weighted by Crippen LogP contribution is -2.24. The molecular weight excluding hydrogens is 294 g/mol. The Morgan fingerprint density at radius 3 is 2.48 bits per heavy atom. The van der Waals surface area contributed by atoms with E-state index in [1.54, 1.807) is 16.8 Å². The number of rotatable bonds is 8. The highest BCUT2D eigenvalue weighted by Gasteiger charge is 2.06. The van der Waals surface area contributed by atoms with Crippen molar-refractivity contribution in [2.24, 2.45) is 0 Å². The van der Waals surface area contributed by atoms with E-state index in [9.17, 15) is 9.59 Å². The van der Waals surface area contributed by atoms with E-state index in [2.05, 4.69) is 10.4 Å². The van der Waals surface area contributed by atoms with Gasteiger partial charge in [0.2, 0.25) is 0 Å². The minimum atomic E-state index is -0.776. The summed E-state index contributed by atoms with van der Waals surface area (Å²) in [5.74, 6) is -0.895. The molecule has 2 aromatic rings. The number of hydrogen-bond donors (Lipinski definition) is 2. The molecule has 1 heterocycles. The van der Waals surface area contributed by atoms with Gasteiger partial charge in [0, 0.05) is 24.7 Å². The molecule has 1 aromatic carbocycles. The average molecular weight is 315 g/mol. The summed E-state index contributed by atoms with van der Waals surface area (Å²) in [5, 5.41) is 15.7. The maximum atomic E-state index is 12.0. The van der Waals surface area contributed by atoms with E-state index in [1.807, 2.05) is 31.3 Å². The molecule has 1 amide bonds. The van der Waals surface area contributed by atoms with Gasteiger partial charge >= 0.3 is 5.97 Å². The topological polar surface area (TPSA) is 84.2 Å². The second-order valence-corrected chi connectivity index (χ2v) is 5.41. The van der Waals surface area contributed by atoms with Gasteiger partial charge in [0.25, 0.3) is 5.91 Å². The standard InChI is InChI=1S/C17H21N3O3/c1-13-10-12-20(19-13)15-8-6-14(7-9-15)17(23)18-11-4-2-3-5-16(21)22/h6-10,12H,2-5,11H2,1H3,(H,18,23)(H,21,22). The van der Waals surface area contributed by atoms with Crippen LogP contribution in [-0.2, 0) is 4.79 Å². The first kappa shape index (κ1) is 16.7. The second kappa shape index (κ2) is 8.12. The largest absolute Gasteiger partial charge is 0.481 e. The number of nitrogens with one attached hydrogen (secondary N) is 1. The van der Waals surface area contributed by atoms with Gasteiger partial charge in [-0.05, 0) is 50.1 Å². The van der Waals surface area contributed by atoms with Crippen LogP contribution in [0.2, 0.25) is 0 Å². The summed E-state index contributed by atoms with van der Waals surface area (Å²) < 4.78 is 1.76. The van der Waals surface area contributed by atoms with Crippen molar-refractivity contribution in [3.8, 4) is 5.69 Å². The quantitative estimate of drug-likeness (QED) is 0.733. The van der Waals surface area contributed by atoms with Crippen LogP contribution in [0.4, 0.5) is 0 Å². The maximum absolute atomic E-state index is 12.0. The number of carboxylic acids is 1. The summed E-state index contributed by atoms with van der Waals surface area (Å²) in [6, 6.07) is 9.17. The fraction of sp³-hybridized carbons (Fsp3) is 0.353. The lowest BCUT2D eigenvalue weighted by molar-refractivity contribution is -0.137. The number of aromatic nitrogens is 2. The molecule has 1 aromatic heterocycles. The number of hydrogen-bond acceptors (Lipinski definition) is 3. The zero-order valence-electron chi connectivity index (χ0n) is 13.2. The highest BCUT2D eigenvalue weighted by atomic mass is 16.4. The molecule has 6 heteroatoms. The van der Waals surface area contributed by atoms with E-state index in [1.165, 1.54) is 0 Å². The molecule has 6 nitrogen and oxygen atoms in total. The van der Waals surface area contributed by atoms with Crippen molar-refractivity contribution in [3.63, 3.8) is 0 Å². The van der Waals surface area contributed by atoms with E-state index in [0.717, 1.165) is 24.2 Å². The third-order valence-corrected chi connectivity index (χ3v) is 3.47. The average Bonchev–Trinajstić information content (AvgIpc) is 2.97. The summed E-state index contributed by atoms with van der Waals surface area (Å²) in [7, 11) is 0. The molecule has 2 rings (SSSR count). The molecule has 0 aliphatic heterocycles. The van der Waals surface area contributed by atoms with Crippen LogP contribution >= 0.6 is 0 Å². The summed E-state index contributed by atoms with van der Waals surface area (Å²) in [6.45, 7) is 2.48. The molecule has 0 spiro atoms. The zero-order valence-corrected chi connectivity index (χ0v) is 13.2. The predicted molar refractivity (Wildman–Crippen MR) is 86.7 cm³/mol. The molecule has 0 saturated heterocycles. The molecule has 0 bridgehead atoms. The van der Waals surface area contributed by atoms with Crippen molar-refractivity contribution in [1.82, 2.24) is 15.1 Å². The molecule has 122 valence electrons. The van der Waals surface area contributed by atoms with E-state index >= 15 is 0 Å². The monoisotopic (exact) mass is 315 g/mol. The molecule has 0 aliphatic rings. The zero-order chi connectivity index (χ0) is 16.7. The normalized spacial score (nSPS) is 10.5. The molecule has 0 aliphatic carbocycles. The number of benzene rings is 1. The minimum Gasteiger partial charge on any atom is -0.481 e. The van der Waals surface area contributed by atoms with Crippen LogP contribution in [0.3, 0.4) is 0 Å². The van der Waals surface area contributed by atoms with Crippen LogP contribution in [-0.4, -0.2) is 33.3 Å². The Balaban J connectivity index is 1.78. The second-order valence-electron chi connectivity index (χ2n) is 5.41. The number of aryl methyl sites for hydroxylation is 1. The van der Waals surface area contributed by atoms with Gasteiger partial charge in [-0.25, -0.2) is 4.68 Å². The van der Waals surface area contributed by atoms with Gasteiger partial charge in [0.1, 0.15) is 0 Å². The van der Waals surface area contributed by atoms with E-state index in [-0.39, 0.29) is 12.3 Å². The molecule has 23 heavy (non-hydrogen) atoms. The van der Waals surface area contributed by atoms with Gasteiger partial charge in [-0.1, -0.05) is 6.42 Å². The van der Waals surface area contributed by atoms with Crippen LogP contribution < -0.4 is 5.32 Å². The van der Waals surface area contributed by atoms with Crippen molar-refractivity contribution in [2.45, 2.75) is 32.6 Å². The van der Waals surface area contributed by atoms with Gasteiger partial charge in [0.15, 0.2) is 0 Å². The first-order valence-electron chi connectivity index (χ1n) is 7.69. The number of unbranched alkanes of at least 4 members (excludes halogenated alkanes) is 2. The number of carbonyl (C=O) groups excluding carboxylic acids is 1. The lowest BCUT2D eigenvalue weighted by atomic mass is 10.1. The van der Waals surface area contributed by atoms with Gasteiger partial charge in [-0.2, -0.15) is 5.10 Å². The van der Waals surface area contributed by atoms with Crippen LogP contribution in [0.1, 0.15) is 41.7 Å². The molecule has 0 saturated carbocycles. The van der Waals surface area contributed by atoms with Crippen molar-refractivity contribution < 1.29 is 14.7 Å². The van der Waals surface area contributed by atoms with Crippen LogP contribution in [0, 0.1) is 6.92 Å². The number of carbonyl (C=O) groups is 2. The smallest absolute Gasteiger partial charge is 0.303 e. The van der Waals surface area contributed by atoms with Crippen LogP contribution in [0.25, 0.3) is 5.69 Å². The van der Waals surface area contributed by atoms with Crippen LogP contribution in [0.15, 0.2) is 36.5 Å². The molecule has 0 atom stereocenters. The fourth-order valence-electron chi connectivity index (χ4n) is 2.21. The highest BCUT2D eigenvalue weighted by molar-refractivity contribution is 5.94. The Hall–Kier alpha value is -2.63. The summed E-state index contributed by atoms with van der Waals surface area (Å²) in [5.41, 5.74) is 2.45. The molecule has 2 N–H and O–H groups in total. The lowest BCUT2D eigenvalue weighted by Gasteiger charge is -2.06. The summed E-state index contributed by atoms with van der Waals surface area (Å²) >= 11 is 0. The van der Waals surface area contributed by atoms with Gasteiger partial charge in [0.05, 0.1) is 11.4 Å². The maximum Gasteiger partial charge on any atom is 0.303 e. The van der Waals surface area contributed by atoms with Crippen molar-refractivity contribution in [2.75, 3.05) is 6.54 Å². The first-order chi connectivity index (χ1) is 11.1. The van der Waals surface area contributed by atoms with Gasteiger partial charge < -0.3 is 10.4 Å². The molecular formula is C17H21N3O3. The number of carboxylic acid groups (broad SMARTS) is 1. The number of aliphatic carboxylic acids is 1. The van der Waals surface area contributed by atoms with E-state index in [4.69, 9.17) is 5.11 Å². The Bertz CT molecular complexity index is 662. The Labute approximate surface area is 135 Å². The molecule has 0 unspecified atom stereocenters. The first-order valence-corrected chi connectivity index (χ1v) is 7.69. The molecule has 0 radical (unpaired) electrons. The van der Waals surface area contributed by atoms with E-state index < -0.39 is 5.97 Å². The SMILES string of the molecule is Cc1ccn(-c2ccc(C(=O)NCCCCCC(=O)O)cc2)n1. The van der Waals surface area contributed by atoms with Crippen LogP contribution in [0.5, 0.6) is 0 Å².